The minimum Gasteiger partial charge on any atom is -0.339 e. The molecular weight excluding hydrogens is 388 g/mol. The zero-order valence-electron chi connectivity index (χ0n) is 14.7. The van der Waals surface area contributed by atoms with Gasteiger partial charge >= 0.3 is 0 Å². The molecule has 0 bridgehead atoms. The first-order valence-corrected chi connectivity index (χ1v) is 9.23. The van der Waals surface area contributed by atoms with Crippen molar-refractivity contribution in [3.8, 4) is 11.4 Å². The summed E-state index contributed by atoms with van der Waals surface area (Å²) < 4.78 is 33.1. The number of halogens is 3. The quantitative estimate of drug-likeness (QED) is 0.636. The smallest absolute Gasteiger partial charge is 0.259 e. The number of carbonyl (C=O) groups excluding carboxylic acids is 1. The summed E-state index contributed by atoms with van der Waals surface area (Å²) in [6.07, 6.45) is 1.15. The van der Waals surface area contributed by atoms with Gasteiger partial charge in [0.1, 0.15) is 17.2 Å². The second kappa shape index (κ2) is 7.67. The van der Waals surface area contributed by atoms with Gasteiger partial charge in [0.05, 0.1) is 0 Å². The Labute approximate surface area is 164 Å². The lowest BCUT2D eigenvalue weighted by Crippen LogP contribution is -2.38. The van der Waals surface area contributed by atoms with Crippen LogP contribution in [-0.2, 0) is 0 Å². The molecule has 0 N–H and O–H groups in total. The molecule has 28 heavy (non-hydrogen) atoms. The molecule has 1 amide bonds. The first kappa shape index (κ1) is 18.6. The number of benzene rings is 2. The average molecular weight is 404 g/mol. The summed E-state index contributed by atoms with van der Waals surface area (Å²) in [4.78, 5) is 18.4. The molecule has 1 aliphatic rings. The van der Waals surface area contributed by atoms with Crippen molar-refractivity contribution in [1.82, 2.24) is 15.0 Å². The molecule has 1 fully saturated rings. The van der Waals surface area contributed by atoms with Crippen LogP contribution in [-0.4, -0.2) is 34.0 Å². The molecule has 1 aliphatic heterocycles. The molecule has 0 radical (unpaired) electrons. The van der Waals surface area contributed by atoms with Crippen molar-refractivity contribution in [3.63, 3.8) is 0 Å². The highest BCUT2D eigenvalue weighted by Crippen LogP contribution is 2.30. The van der Waals surface area contributed by atoms with Gasteiger partial charge in [-0.3, -0.25) is 4.79 Å². The maximum absolute atomic E-state index is 13.9. The van der Waals surface area contributed by atoms with E-state index in [0.717, 1.165) is 17.7 Å². The Kier molecular flexibility index (Phi) is 5.09. The molecule has 8 heteroatoms. The van der Waals surface area contributed by atoms with E-state index >= 15 is 0 Å². The highest BCUT2D eigenvalue weighted by Gasteiger charge is 2.30. The van der Waals surface area contributed by atoms with Crippen molar-refractivity contribution in [2.45, 2.75) is 18.8 Å². The van der Waals surface area contributed by atoms with E-state index in [-0.39, 0.29) is 5.92 Å². The zero-order valence-corrected chi connectivity index (χ0v) is 15.5. The number of hydrogen-bond donors (Lipinski definition) is 0. The fourth-order valence-electron chi connectivity index (χ4n) is 3.31. The molecule has 144 valence electrons. The molecule has 0 unspecified atom stereocenters. The number of amides is 1. The van der Waals surface area contributed by atoms with Crippen LogP contribution in [0.25, 0.3) is 11.4 Å². The van der Waals surface area contributed by atoms with Gasteiger partial charge in [-0.15, -0.1) is 0 Å². The number of hydrogen-bond acceptors (Lipinski definition) is 4. The number of likely N-dealkylation sites (tertiary alicyclic amines) is 1. The Morgan fingerprint density at radius 3 is 2.36 bits per heavy atom. The summed E-state index contributed by atoms with van der Waals surface area (Å²) in [6, 6.07) is 10.5. The van der Waals surface area contributed by atoms with E-state index in [1.807, 2.05) is 0 Å². The van der Waals surface area contributed by atoms with Crippen molar-refractivity contribution in [2.75, 3.05) is 13.1 Å². The lowest BCUT2D eigenvalue weighted by molar-refractivity contribution is 0.0694. The molecule has 5 nitrogen and oxygen atoms in total. The number of rotatable bonds is 3. The lowest BCUT2D eigenvalue weighted by atomic mass is 9.96. The Hall–Kier alpha value is -2.80. The summed E-state index contributed by atoms with van der Waals surface area (Å²) in [7, 11) is 0. The average Bonchev–Trinajstić information content (AvgIpc) is 3.18. The van der Waals surface area contributed by atoms with Gasteiger partial charge in [0, 0.05) is 29.6 Å². The third-order valence-electron chi connectivity index (χ3n) is 4.85. The van der Waals surface area contributed by atoms with Crippen LogP contribution < -0.4 is 0 Å². The molecule has 4 rings (SSSR count). The van der Waals surface area contributed by atoms with Crippen LogP contribution in [0.3, 0.4) is 0 Å². The number of nitrogens with zero attached hydrogens (tertiary/aromatic N) is 3. The molecular formula is C20H16ClF2N3O2. The summed E-state index contributed by atoms with van der Waals surface area (Å²) >= 11 is 5.89. The second-order valence-corrected chi connectivity index (χ2v) is 7.06. The molecule has 1 aromatic heterocycles. The molecule has 0 atom stereocenters. The summed E-state index contributed by atoms with van der Waals surface area (Å²) in [5, 5.41) is 4.63. The van der Waals surface area contributed by atoms with Crippen LogP contribution in [0.1, 0.15) is 35.0 Å². The predicted molar refractivity (Wildman–Crippen MR) is 99.0 cm³/mol. The van der Waals surface area contributed by atoms with E-state index < -0.39 is 23.1 Å². The number of aromatic nitrogens is 2. The molecule has 3 aromatic rings. The van der Waals surface area contributed by atoms with Crippen molar-refractivity contribution in [3.05, 3.63) is 70.6 Å². The normalized spacial score (nSPS) is 15.0. The predicted octanol–water partition coefficient (Wildman–Crippen LogP) is 4.69. The van der Waals surface area contributed by atoms with Crippen LogP contribution >= 0.6 is 11.6 Å². The molecule has 0 saturated carbocycles. The highest BCUT2D eigenvalue weighted by atomic mass is 35.5. The number of piperidine rings is 1. The Bertz CT molecular complexity index is 979. The van der Waals surface area contributed by atoms with Crippen molar-refractivity contribution in [1.29, 1.82) is 0 Å². The Balaban J connectivity index is 1.43. The second-order valence-electron chi connectivity index (χ2n) is 6.63. The minimum absolute atomic E-state index is 0.0110. The van der Waals surface area contributed by atoms with E-state index in [1.54, 1.807) is 24.3 Å². The van der Waals surface area contributed by atoms with Crippen LogP contribution in [0.4, 0.5) is 8.78 Å². The van der Waals surface area contributed by atoms with Crippen LogP contribution in [0.2, 0.25) is 5.02 Å². The Morgan fingerprint density at radius 2 is 1.71 bits per heavy atom. The molecule has 0 aliphatic carbocycles. The highest BCUT2D eigenvalue weighted by molar-refractivity contribution is 6.30. The standard InChI is InChI=1S/C20H16ClF2N3O2/c21-14-6-4-12(5-7-14)18-24-19(28-25-18)13-8-10-26(11-9-13)20(27)17-15(22)2-1-3-16(17)23/h1-7,13H,8-11H2. The third kappa shape index (κ3) is 3.62. The zero-order chi connectivity index (χ0) is 19.7. The maximum Gasteiger partial charge on any atom is 0.259 e. The topological polar surface area (TPSA) is 59.2 Å². The molecule has 1 saturated heterocycles. The van der Waals surface area contributed by atoms with Crippen molar-refractivity contribution < 1.29 is 18.1 Å². The van der Waals surface area contributed by atoms with E-state index in [9.17, 15) is 13.6 Å². The van der Waals surface area contributed by atoms with Crippen molar-refractivity contribution >= 4 is 17.5 Å². The van der Waals surface area contributed by atoms with Crippen LogP contribution in [0, 0.1) is 11.6 Å². The monoisotopic (exact) mass is 403 g/mol. The molecule has 0 spiro atoms. The third-order valence-corrected chi connectivity index (χ3v) is 5.10. The Morgan fingerprint density at radius 1 is 1.07 bits per heavy atom. The van der Waals surface area contributed by atoms with Gasteiger partial charge in [0.2, 0.25) is 11.7 Å². The van der Waals surface area contributed by atoms with E-state index in [2.05, 4.69) is 10.1 Å². The lowest BCUT2D eigenvalue weighted by Gasteiger charge is -2.30. The molecule has 2 aromatic carbocycles. The summed E-state index contributed by atoms with van der Waals surface area (Å²) in [5.41, 5.74) is 0.283. The van der Waals surface area contributed by atoms with Crippen molar-refractivity contribution in [2.24, 2.45) is 0 Å². The van der Waals surface area contributed by atoms with Crippen LogP contribution in [0.15, 0.2) is 47.0 Å². The van der Waals surface area contributed by atoms with Gasteiger partial charge < -0.3 is 9.42 Å². The van der Waals surface area contributed by atoms with Crippen LogP contribution in [0.5, 0.6) is 0 Å². The van der Waals surface area contributed by atoms with Gasteiger partial charge in [0.25, 0.3) is 5.91 Å². The van der Waals surface area contributed by atoms with Gasteiger partial charge in [0.15, 0.2) is 0 Å². The summed E-state index contributed by atoms with van der Waals surface area (Å²) in [6.45, 7) is 0.714. The van der Waals surface area contributed by atoms with Gasteiger partial charge in [-0.05, 0) is 49.2 Å². The first-order chi connectivity index (χ1) is 13.5. The van der Waals surface area contributed by atoms with E-state index in [1.165, 1.54) is 11.0 Å². The molecule has 2 heterocycles. The van der Waals surface area contributed by atoms with Gasteiger partial charge in [-0.1, -0.05) is 22.8 Å². The number of carbonyl (C=O) groups is 1. The van der Waals surface area contributed by atoms with Gasteiger partial charge in [-0.2, -0.15) is 4.98 Å². The van der Waals surface area contributed by atoms with E-state index in [4.69, 9.17) is 16.1 Å². The minimum atomic E-state index is -0.850. The fourth-order valence-corrected chi connectivity index (χ4v) is 3.43. The SMILES string of the molecule is O=C(c1c(F)cccc1F)N1CCC(c2nc(-c3ccc(Cl)cc3)no2)CC1. The maximum atomic E-state index is 13.9. The fraction of sp³-hybridized carbons (Fsp3) is 0.250. The summed E-state index contributed by atoms with van der Waals surface area (Å²) in [5.74, 6) is -1.38. The van der Waals surface area contributed by atoms with Gasteiger partial charge in [-0.25, -0.2) is 8.78 Å². The first-order valence-electron chi connectivity index (χ1n) is 8.86. The largest absolute Gasteiger partial charge is 0.339 e. The van der Waals surface area contributed by atoms with E-state index in [0.29, 0.717) is 42.7 Å².